The molecule has 0 aliphatic carbocycles. The maximum atomic E-state index is 6.17. The Labute approximate surface area is 135 Å². The van der Waals surface area contributed by atoms with Gasteiger partial charge in [0.15, 0.2) is 0 Å². The third kappa shape index (κ3) is 3.63. The second-order valence-electron chi connectivity index (χ2n) is 5.30. The molecule has 1 heterocycles. The number of aromatic nitrogens is 2. The summed E-state index contributed by atoms with van der Waals surface area (Å²) < 4.78 is 1.91. The molecule has 0 aliphatic heterocycles. The molecule has 0 saturated carbocycles. The molecule has 0 unspecified atom stereocenters. The number of rotatable bonds is 5. The van der Waals surface area contributed by atoms with Gasteiger partial charge < -0.3 is 11.1 Å². The molecule has 0 aliphatic rings. The highest BCUT2D eigenvalue weighted by Gasteiger charge is 2.14. The molecule has 4 nitrogen and oxygen atoms in total. The van der Waals surface area contributed by atoms with E-state index in [9.17, 15) is 0 Å². The summed E-state index contributed by atoms with van der Waals surface area (Å²) in [5.74, 6) is 0.868. The van der Waals surface area contributed by atoms with Crippen molar-refractivity contribution in [1.82, 2.24) is 9.78 Å². The maximum Gasteiger partial charge on any atom is 0.148 e. The molecule has 3 N–H and O–H groups in total. The molecule has 21 heavy (non-hydrogen) atoms. The van der Waals surface area contributed by atoms with Crippen molar-refractivity contribution in [3.8, 4) is 0 Å². The summed E-state index contributed by atoms with van der Waals surface area (Å²) >= 11 is 12.1. The molecule has 2 aromatic rings. The predicted molar refractivity (Wildman–Crippen MR) is 90.4 cm³/mol. The summed E-state index contributed by atoms with van der Waals surface area (Å²) in [6, 6.07) is 5.80. The molecule has 6 heteroatoms. The number of hydrogen-bond donors (Lipinski definition) is 2. The predicted octanol–water partition coefficient (Wildman–Crippen LogP) is 4.32. The molecule has 0 amide bonds. The van der Waals surface area contributed by atoms with Crippen molar-refractivity contribution in [2.75, 3.05) is 17.6 Å². The fourth-order valence-corrected chi connectivity index (χ4v) is 2.65. The van der Waals surface area contributed by atoms with E-state index < -0.39 is 0 Å². The average Bonchev–Trinajstić information content (AvgIpc) is 2.69. The smallest absolute Gasteiger partial charge is 0.148 e. The van der Waals surface area contributed by atoms with E-state index in [1.54, 1.807) is 6.07 Å². The Balaban J connectivity index is 2.07. The Hall–Kier alpha value is -1.39. The standard InChI is InChI=1S/C15H20Cl2N4/c1-9(2)21-15(14(18)10(3)20-21)19-7-6-11-4-5-12(16)8-13(11)17/h4-5,8-9,19H,6-7,18H2,1-3H3. The second kappa shape index (κ2) is 6.58. The fraction of sp³-hybridized carbons (Fsp3) is 0.400. The summed E-state index contributed by atoms with van der Waals surface area (Å²) in [5, 5.41) is 9.14. The quantitative estimate of drug-likeness (QED) is 0.860. The number of nitrogen functional groups attached to an aromatic ring is 1. The van der Waals surface area contributed by atoms with Crippen LogP contribution >= 0.6 is 23.2 Å². The average molecular weight is 327 g/mol. The van der Waals surface area contributed by atoms with Crippen LogP contribution in [0.5, 0.6) is 0 Å². The highest BCUT2D eigenvalue weighted by Crippen LogP contribution is 2.26. The van der Waals surface area contributed by atoms with Crippen LogP contribution in [0.1, 0.15) is 31.1 Å². The Bertz CT molecular complexity index is 635. The van der Waals surface area contributed by atoms with Crippen LogP contribution in [-0.4, -0.2) is 16.3 Å². The van der Waals surface area contributed by atoms with Crippen LogP contribution in [-0.2, 0) is 6.42 Å². The van der Waals surface area contributed by atoms with Gasteiger partial charge >= 0.3 is 0 Å². The largest absolute Gasteiger partial charge is 0.394 e. The van der Waals surface area contributed by atoms with E-state index in [1.165, 1.54) is 0 Å². The zero-order chi connectivity index (χ0) is 15.6. The van der Waals surface area contributed by atoms with Crippen molar-refractivity contribution in [2.24, 2.45) is 0 Å². The molecule has 1 aromatic carbocycles. The SMILES string of the molecule is Cc1nn(C(C)C)c(NCCc2ccc(Cl)cc2Cl)c1N. The first-order chi connectivity index (χ1) is 9.90. The van der Waals surface area contributed by atoms with Crippen LogP contribution in [0.4, 0.5) is 11.5 Å². The lowest BCUT2D eigenvalue weighted by molar-refractivity contribution is 0.534. The second-order valence-corrected chi connectivity index (χ2v) is 6.14. The first-order valence-corrected chi connectivity index (χ1v) is 7.68. The molecule has 0 spiro atoms. The number of aryl methyl sites for hydroxylation is 1. The first-order valence-electron chi connectivity index (χ1n) is 6.92. The molecule has 1 aromatic heterocycles. The summed E-state index contributed by atoms with van der Waals surface area (Å²) in [5.41, 5.74) is 8.68. The Kier molecular flexibility index (Phi) is 5.01. The van der Waals surface area contributed by atoms with Crippen LogP contribution in [0, 0.1) is 6.92 Å². The summed E-state index contributed by atoms with van der Waals surface area (Å²) in [4.78, 5) is 0. The van der Waals surface area contributed by atoms with Gasteiger partial charge in [-0.05, 0) is 44.9 Å². The van der Waals surface area contributed by atoms with Crippen molar-refractivity contribution in [3.63, 3.8) is 0 Å². The third-order valence-corrected chi connectivity index (χ3v) is 3.91. The Morgan fingerprint density at radius 2 is 2.05 bits per heavy atom. The van der Waals surface area contributed by atoms with E-state index >= 15 is 0 Å². The number of nitrogens with zero attached hydrogens (tertiary/aromatic N) is 2. The lowest BCUT2D eigenvalue weighted by Crippen LogP contribution is -2.13. The summed E-state index contributed by atoms with van der Waals surface area (Å²) in [6.45, 7) is 6.79. The van der Waals surface area contributed by atoms with E-state index in [4.69, 9.17) is 28.9 Å². The van der Waals surface area contributed by atoms with Gasteiger partial charge in [-0.15, -0.1) is 0 Å². The minimum atomic E-state index is 0.252. The van der Waals surface area contributed by atoms with Crippen molar-refractivity contribution in [1.29, 1.82) is 0 Å². The number of anilines is 2. The van der Waals surface area contributed by atoms with E-state index in [2.05, 4.69) is 24.3 Å². The van der Waals surface area contributed by atoms with Gasteiger partial charge in [-0.25, -0.2) is 4.68 Å². The molecule has 0 saturated heterocycles. The van der Waals surface area contributed by atoms with Gasteiger partial charge in [0.1, 0.15) is 5.82 Å². The highest BCUT2D eigenvalue weighted by atomic mass is 35.5. The van der Waals surface area contributed by atoms with E-state index in [0.717, 1.165) is 30.0 Å². The van der Waals surface area contributed by atoms with Crippen molar-refractivity contribution >= 4 is 34.7 Å². The number of benzene rings is 1. The summed E-state index contributed by atoms with van der Waals surface area (Å²) in [7, 11) is 0. The van der Waals surface area contributed by atoms with E-state index in [1.807, 2.05) is 23.7 Å². The van der Waals surface area contributed by atoms with Gasteiger partial charge in [0.25, 0.3) is 0 Å². The molecular weight excluding hydrogens is 307 g/mol. The molecule has 0 fully saturated rings. The van der Waals surface area contributed by atoms with Gasteiger partial charge in [-0.3, -0.25) is 0 Å². The van der Waals surface area contributed by atoms with Crippen LogP contribution in [0.2, 0.25) is 10.0 Å². The molecule has 114 valence electrons. The van der Waals surface area contributed by atoms with Crippen molar-refractivity contribution in [3.05, 3.63) is 39.5 Å². The minimum Gasteiger partial charge on any atom is -0.394 e. The Morgan fingerprint density at radius 3 is 2.67 bits per heavy atom. The topological polar surface area (TPSA) is 55.9 Å². The molecule has 2 rings (SSSR count). The van der Waals surface area contributed by atoms with Gasteiger partial charge in [0.05, 0.1) is 11.4 Å². The molecule has 0 radical (unpaired) electrons. The summed E-state index contributed by atoms with van der Waals surface area (Å²) in [6.07, 6.45) is 0.789. The number of nitrogens with one attached hydrogen (secondary N) is 1. The first kappa shape index (κ1) is 16.0. The molecular formula is C15H20Cl2N4. The zero-order valence-electron chi connectivity index (χ0n) is 12.5. The molecule has 0 bridgehead atoms. The van der Waals surface area contributed by atoms with Gasteiger partial charge in [0, 0.05) is 22.6 Å². The fourth-order valence-electron chi connectivity index (χ4n) is 2.15. The van der Waals surface area contributed by atoms with Crippen molar-refractivity contribution < 1.29 is 0 Å². The van der Waals surface area contributed by atoms with Crippen LogP contribution in [0.3, 0.4) is 0 Å². The van der Waals surface area contributed by atoms with Crippen LogP contribution in [0.25, 0.3) is 0 Å². The van der Waals surface area contributed by atoms with Crippen LogP contribution < -0.4 is 11.1 Å². The lowest BCUT2D eigenvalue weighted by atomic mass is 10.1. The van der Waals surface area contributed by atoms with Crippen molar-refractivity contribution in [2.45, 2.75) is 33.2 Å². The highest BCUT2D eigenvalue weighted by molar-refractivity contribution is 6.35. The molecule has 0 atom stereocenters. The van der Waals surface area contributed by atoms with E-state index in [0.29, 0.717) is 15.7 Å². The van der Waals surface area contributed by atoms with Gasteiger partial charge in [-0.1, -0.05) is 29.3 Å². The van der Waals surface area contributed by atoms with Gasteiger partial charge in [-0.2, -0.15) is 5.10 Å². The number of halogens is 2. The lowest BCUT2D eigenvalue weighted by Gasteiger charge is -2.13. The normalized spacial score (nSPS) is 11.1. The van der Waals surface area contributed by atoms with E-state index in [-0.39, 0.29) is 6.04 Å². The number of nitrogens with two attached hydrogens (primary N) is 1. The minimum absolute atomic E-state index is 0.252. The Morgan fingerprint density at radius 1 is 1.33 bits per heavy atom. The van der Waals surface area contributed by atoms with Gasteiger partial charge in [0.2, 0.25) is 0 Å². The zero-order valence-corrected chi connectivity index (χ0v) is 14.0. The third-order valence-electron chi connectivity index (χ3n) is 3.32. The maximum absolute atomic E-state index is 6.17. The number of hydrogen-bond acceptors (Lipinski definition) is 3. The monoisotopic (exact) mass is 326 g/mol. The van der Waals surface area contributed by atoms with Crippen LogP contribution in [0.15, 0.2) is 18.2 Å².